The smallest absolute Gasteiger partial charge is 0.319 e. The summed E-state index contributed by atoms with van der Waals surface area (Å²) in [6, 6.07) is 4.20. The van der Waals surface area contributed by atoms with Crippen LogP contribution in [0.3, 0.4) is 0 Å². The van der Waals surface area contributed by atoms with Gasteiger partial charge in [0.1, 0.15) is 0 Å². The van der Waals surface area contributed by atoms with Gasteiger partial charge in [-0.05, 0) is 38.1 Å². The van der Waals surface area contributed by atoms with Gasteiger partial charge < -0.3 is 5.32 Å². The van der Waals surface area contributed by atoms with Gasteiger partial charge in [0.15, 0.2) is 0 Å². The molecule has 0 unspecified atom stereocenters. The third-order valence-electron chi connectivity index (χ3n) is 2.86. The summed E-state index contributed by atoms with van der Waals surface area (Å²) in [6.45, 7) is 3.88. The number of carbonyl (C=O) groups is 1. The Balaban J connectivity index is 2.09. The largest absolute Gasteiger partial charge is 0.416 e. The molecule has 0 spiro atoms. The summed E-state index contributed by atoms with van der Waals surface area (Å²) >= 11 is 0. The lowest BCUT2D eigenvalue weighted by Gasteiger charge is -2.07. The maximum atomic E-state index is 12.4. The number of nitrogens with one attached hydrogen (secondary N) is 1. The molecule has 1 amide bonds. The Morgan fingerprint density at radius 3 is 2.33 bits per heavy atom. The first-order chi connectivity index (χ1) is 9.77. The molecule has 112 valence electrons. The van der Waals surface area contributed by atoms with E-state index in [1.807, 2.05) is 13.8 Å². The quantitative estimate of drug-likeness (QED) is 0.938. The Morgan fingerprint density at radius 2 is 1.86 bits per heavy atom. The number of rotatable bonds is 3. The van der Waals surface area contributed by atoms with E-state index in [-0.39, 0.29) is 11.6 Å². The lowest BCUT2D eigenvalue weighted by molar-refractivity contribution is -0.137. The second-order valence-electron chi connectivity index (χ2n) is 4.83. The van der Waals surface area contributed by atoms with Crippen LogP contribution < -0.4 is 5.32 Å². The molecule has 0 bridgehead atoms. The molecule has 7 heteroatoms. The number of benzene rings is 1. The minimum absolute atomic E-state index is 0.153. The number of hydrogen-bond donors (Lipinski definition) is 1. The molecule has 2 aromatic rings. The van der Waals surface area contributed by atoms with Gasteiger partial charge in [-0.2, -0.15) is 18.3 Å². The predicted octanol–water partition coefficient (Wildman–Crippen LogP) is 3.74. The fraction of sp³-hybridized carbons (Fsp3) is 0.286. The van der Waals surface area contributed by atoms with Gasteiger partial charge in [0, 0.05) is 17.8 Å². The molecule has 0 aliphatic rings. The fourth-order valence-corrected chi connectivity index (χ4v) is 1.70. The molecule has 0 fully saturated rings. The Labute approximate surface area is 119 Å². The second kappa shape index (κ2) is 5.59. The molecule has 1 heterocycles. The van der Waals surface area contributed by atoms with Crippen LogP contribution >= 0.6 is 0 Å². The molecule has 4 nitrogen and oxygen atoms in total. The Hall–Kier alpha value is -2.31. The van der Waals surface area contributed by atoms with E-state index in [4.69, 9.17) is 0 Å². The summed E-state index contributed by atoms with van der Waals surface area (Å²) in [5.74, 6) is -0.480. The fourth-order valence-electron chi connectivity index (χ4n) is 1.70. The van der Waals surface area contributed by atoms with E-state index in [2.05, 4.69) is 10.4 Å². The second-order valence-corrected chi connectivity index (χ2v) is 4.83. The summed E-state index contributed by atoms with van der Waals surface area (Å²) in [5.41, 5.74) is -0.138. The zero-order chi connectivity index (χ0) is 15.6. The van der Waals surface area contributed by atoms with E-state index >= 15 is 0 Å². The Kier molecular flexibility index (Phi) is 4.02. The molecule has 0 atom stereocenters. The minimum Gasteiger partial charge on any atom is -0.319 e. The number of nitrogens with zero attached hydrogens (tertiary/aromatic N) is 2. The minimum atomic E-state index is -4.41. The van der Waals surface area contributed by atoms with Gasteiger partial charge in [-0.15, -0.1) is 0 Å². The van der Waals surface area contributed by atoms with Crippen molar-refractivity contribution >= 4 is 11.6 Å². The number of halogens is 3. The number of carbonyl (C=O) groups excluding carboxylic acids is 1. The first-order valence-corrected chi connectivity index (χ1v) is 6.30. The number of amides is 1. The van der Waals surface area contributed by atoms with E-state index in [0.717, 1.165) is 24.3 Å². The number of anilines is 1. The maximum absolute atomic E-state index is 12.4. The van der Waals surface area contributed by atoms with Crippen molar-refractivity contribution in [3.63, 3.8) is 0 Å². The van der Waals surface area contributed by atoms with Crippen molar-refractivity contribution in [3.05, 3.63) is 47.8 Å². The summed E-state index contributed by atoms with van der Waals surface area (Å²) in [4.78, 5) is 11.9. The summed E-state index contributed by atoms with van der Waals surface area (Å²) in [6.07, 6.45) is -1.26. The van der Waals surface area contributed by atoms with Gasteiger partial charge in [0.05, 0.1) is 17.4 Å². The van der Waals surface area contributed by atoms with Gasteiger partial charge in [-0.3, -0.25) is 9.48 Å². The standard InChI is InChI=1S/C14H14F3N3O/c1-9(2)20-8-12(7-18-20)19-13(21)10-3-5-11(6-4-10)14(15,16)17/h3-9H,1-2H3,(H,19,21). The lowest BCUT2D eigenvalue weighted by Crippen LogP contribution is -2.12. The maximum Gasteiger partial charge on any atom is 0.416 e. The SMILES string of the molecule is CC(C)n1cc(NC(=O)c2ccc(C(F)(F)F)cc2)cn1. The van der Waals surface area contributed by atoms with Gasteiger partial charge >= 0.3 is 6.18 Å². The molecule has 0 saturated heterocycles. The third kappa shape index (κ3) is 3.62. The van der Waals surface area contributed by atoms with Gasteiger partial charge in [-0.1, -0.05) is 0 Å². The number of alkyl halides is 3. The van der Waals surface area contributed by atoms with E-state index in [9.17, 15) is 18.0 Å². The van der Waals surface area contributed by atoms with Gasteiger partial charge in [0.2, 0.25) is 0 Å². The third-order valence-corrected chi connectivity index (χ3v) is 2.86. The summed E-state index contributed by atoms with van der Waals surface area (Å²) < 4.78 is 39.0. The molecule has 0 radical (unpaired) electrons. The number of hydrogen-bond acceptors (Lipinski definition) is 2. The highest BCUT2D eigenvalue weighted by atomic mass is 19.4. The lowest BCUT2D eigenvalue weighted by atomic mass is 10.1. The van der Waals surface area contributed by atoms with Crippen molar-refractivity contribution in [3.8, 4) is 0 Å². The van der Waals surface area contributed by atoms with Crippen LogP contribution in [0.5, 0.6) is 0 Å². The molecular formula is C14H14F3N3O. The van der Waals surface area contributed by atoms with Crippen LogP contribution in [-0.4, -0.2) is 15.7 Å². The van der Waals surface area contributed by atoms with Crippen molar-refractivity contribution in [2.45, 2.75) is 26.1 Å². The van der Waals surface area contributed by atoms with Crippen molar-refractivity contribution in [2.24, 2.45) is 0 Å². The van der Waals surface area contributed by atoms with Crippen LogP contribution in [-0.2, 0) is 6.18 Å². The van der Waals surface area contributed by atoms with Crippen molar-refractivity contribution in [1.29, 1.82) is 0 Å². The summed E-state index contributed by atoms with van der Waals surface area (Å²) in [7, 11) is 0. The molecule has 0 saturated carbocycles. The first-order valence-electron chi connectivity index (χ1n) is 6.30. The van der Waals surface area contributed by atoms with Crippen LogP contribution in [0.1, 0.15) is 35.8 Å². The Morgan fingerprint density at radius 1 is 1.24 bits per heavy atom. The topological polar surface area (TPSA) is 46.9 Å². The normalized spacial score (nSPS) is 11.7. The van der Waals surface area contributed by atoms with E-state index in [1.54, 1.807) is 10.9 Å². The Bertz CT molecular complexity index is 630. The molecule has 1 N–H and O–H groups in total. The van der Waals surface area contributed by atoms with Crippen molar-refractivity contribution in [1.82, 2.24) is 9.78 Å². The number of aromatic nitrogens is 2. The monoisotopic (exact) mass is 297 g/mol. The van der Waals surface area contributed by atoms with Crippen LogP contribution in [0.2, 0.25) is 0 Å². The van der Waals surface area contributed by atoms with Crippen LogP contribution in [0, 0.1) is 0 Å². The van der Waals surface area contributed by atoms with Crippen LogP contribution in [0.15, 0.2) is 36.7 Å². The van der Waals surface area contributed by atoms with Crippen LogP contribution in [0.4, 0.5) is 18.9 Å². The van der Waals surface area contributed by atoms with Crippen molar-refractivity contribution < 1.29 is 18.0 Å². The molecule has 21 heavy (non-hydrogen) atoms. The molecule has 0 aliphatic carbocycles. The zero-order valence-electron chi connectivity index (χ0n) is 11.5. The highest BCUT2D eigenvalue weighted by molar-refractivity contribution is 6.04. The van der Waals surface area contributed by atoms with Crippen molar-refractivity contribution in [2.75, 3.05) is 5.32 Å². The molecular weight excluding hydrogens is 283 g/mol. The average Bonchev–Trinajstić information content (AvgIpc) is 2.86. The summed E-state index contributed by atoms with van der Waals surface area (Å²) in [5, 5.41) is 6.65. The highest BCUT2D eigenvalue weighted by Gasteiger charge is 2.30. The first kappa shape index (κ1) is 15.1. The van der Waals surface area contributed by atoms with E-state index < -0.39 is 17.6 Å². The average molecular weight is 297 g/mol. The predicted molar refractivity (Wildman–Crippen MR) is 72.0 cm³/mol. The molecule has 0 aliphatic heterocycles. The molecule has 2 rings (SSSR count). The van der Waals surface area contributed by atoms with Gasteiger partial charge in [0.25, 0.3) is 5.91 Å². The molecule has 1 aromatic heterocycles. The van der Waals surface area contributed by atoms with E-state index in [0.29, 0.717) is 5.69 Å². The zero-order valence-corrected chi connectivity index (χ0v) is 11.5. The molecule has 1 aromatic carbocycles. The highest BCUT2D eigenvalue weighted by Crippen LogP contribution is 2.29. The van der Waals surface area contributed by atoms with Gasteiger partial charge in [-0.25, -0.2) is 0 Å². The van der Waals surface area contributed by atoms with Crippen LogP contribution in [0.25, 0.3) is 0 Å². The van der Waals surface area contributed by atoms with E-state index in [1.165, 1.54) is 6.20 Å².